The van der Waals surface area contributed by atoms with Crippen LogP contribution < -0.4 is 20.1 Å². The van der Waals surface area contributed by atoms with Crippen LogP contribution in [0.1, 0.15) is 12.0 Å². The normalized spacial score (nSPS) is 19.4. The van der Waals surface area contributed by atoms with Gasteiger partial charge in [-0.15, -0.1) is 0 Å². The van der Waals surface area contributed by atoms with Crippen LogP contribution in [0.5, 0.6) is 17.2 Å². The maximum absolute atomic E-state index is 12.0. The number of carbonyl (C=O) groups is 1. The molecule has 2 aromatic rings. The highest BCUT2D eigenvalue weighted by atomic mass is 16.5. The summed E-state index contributed by atoms with van der Waals surface area (Å²) in [5.74, 6) is 1.92. The SMILES string of the molecule is COc1ccccc1Oc1ccc(CNC(=O)C2CC(O)CN2)cc1. The van der Waals surface area contributed by atoms with Gasteiger partial charge in [-0.25, -0.2) is 0 Å². The molecule has 3 N–H and O–H groups in total. The van der Waals surface area contributed by atoms with E-state index < -0.39 is 6.10 Å². The van der Waals surface area contributed by atoms with Crippen LogP contribution in [0, 0.1) is 0 Å². The lowest BCUT2D eigenvalue weighted by Crippen LogP contribution is -2.39. The molecule has 0 radical (unpaired) electrons. The number of aliphatic hydroxyl groups excluding tert-OH is 1. The smallest absolute Gasteiger partial charge is 0.237 e. The number of hydrogen-bond donors (Lipinski definition) is 3. The van der Waals surface area contributed by atoms with Crippen molar-refractivity contribution < 1.29 is 19.4 Å². The Morgan fingerprint density at radius 1 is 1.20 bits per heavy atom. The molecule has 1 amide bonds. The molecule has 1 saturated heterocycles. The van der Waals surface area contributed by atoms with Gasteiger partial charge in [0.1, 0.15) is 5.75 Å². The Morgan fingerprint density at radius 3 is 2.56 bits per heavy atom. The number of para-hydroxylation sites is 2. The van der Waals surface area contributed by atoms with E-state index >= 15 is 0 Å². The monoisotopic (exact) mass is 342 g/mol. The van der Waals surface area contributed by atoms with E-state index in [-0.39, 0.29) is 11.9 Å². The topological polar surface area (TPSA) is 79.8 Å². The van der Waals surface area contributed by atoms with Gasteiger partial charge in [0.15, 0.2) is 11.5 Å². The molecule has 2 unspecified atom stereocenters. The lowest BCUT2D eigenvalue weighted by atomic mass is 10.1. The van der Waals surface area contributed by atoms with Crippen molar-refractivity contribution in [3.05, 3.63) is 54.1 Å². The number of methoxy groups -OCH3 is 1. The lowest BCUT2D eigenvalue weighted by Gasteiger charge is -2.12. The van der Waals surface area contributed by atoms with Gasteiger partial charge < -0.3 is 25.2 Å². The first-order valence-corrected chi connectivity index (χ1v) is 8.24. The van der Waals surface area contributed by atoms with Gasteiger partial charge in [0, 0.05) is 13.1 Å². The molecule has 0 bridgehead atoms. The number of nitrogens with one attached hydrogen (secondary N) is 2. The average Bonchev–Trinajstić information content (AvgIpc) is 3.08. The molecule has 1 fully saturated rings. The molecule has 6 heteroatoms. The van der Waals surface area contributed by atoms with Gasteiger partial charge >= 0.3 is 0 Å². The van der Waals surface area contributed by atoms with E-state index in [1.54, 1.807) is 7.11 Å². The first kappa shape index (κ1) is 17.3. The minimum atomic E-state index is -0.442. The van der Waals surface area contributed by atoms with Crippen LogP contribution in [0.2, 0.25) is 0 Å². The van der Waals surface area contributed by atoms with Crippen LogP contribution in [-0.2, 0) is 11.3 Å². The number of rotatable bonds is 6. The molecule has 25 heavy (non-hydrogen) atoms. The first-order chi connectivity index (χ1) is 12.2. The van der Waals surface area contributed by atoms with Crippen LogP contribution in [0.3, 0.4) is 0 Å². The molecule has 2 aromatic carbocycles. The van der Waals surface area contributed by atoms with Crippen molar-refractivity contribution in [3.8, 4) is 17.2 Å². The number of hydrogen-bond acceptors (Lipinski definition) is 5. The minimum Gasteiger partial charge on any atom is -0.493 e. The molecule has 3 rings (SSSR count). The van der Waals surface area contributed by atoms with E-state index in [0.717, 1.165) is 5.56 Å². The fraction of sp³-hybridized carbons (Fsp3) is 0.316. The molecule has 0 aromatic heterocycles. The van der Waals surface area contributed by atoms with Crippen molar-refractivity contribution >= 4 is 5.91 Å². The van der Waals surface area contributed by atoms with Crippen LogP contribution in [-0.4, -0.2) is 36.8 Å². The molecule has 0 saturated carbocycles. The summed E-state index contributed by atoms with van der Waals surface area (Å²) in [5, 5.41) is 15.3. The van der Waals surface area contributed by atoms with Crippen molar-refractivity contribution in [2.75, 3.05) is 13.7 Å². The summed E-state index contributed by atoms with van der Waals surface area (Å²) < 4.78 is 11.1. The Hall–Kier alpha value is -2.57. The van der Waals surface area contributed by atoms with E-state index in [1.807, 2.05) is 48.5 Å². The molecular weight excluding hydrogens is 320 g/mol. The number of β-amino-alcohol motifs (C(OH)–C–C–N with tert-alkyl or cyclic N) is 1. The Morgan fingerprint density at radius 2 is 1.92 bits per heavy atom. The highest BCUT2D eigenvalue weighted by molar-refractivity contribution is 5.82. The molecule has 6 nitrogen and oxygen atoms in total. The van der Waals surface area contributed by atoms with E-state index in [1.165, 1.54) is 0 Å². The van der Waals surface area contributed by atoms with Gasteiger partial charge in [-0.1, -0.05) is 24.3 Å². The summed E-state index contributed by atoms with van der Waals surface area (Å²) in [6, 6.07) is 14.7. The molecule has 0 spiro atoms. The second-order valence-electron chi connectivity index (χ2n) is 5.97. The third-order valence-corrected chi connectivity index (χ3v) is 4.11. The van der Waals surface area contributed by atoms with E-state index in [2.05, 4.69) is 10.6 Å². The Labute approximate surface area is 146 Å². The fourth-order valence-electron chi connectivity index (χ4n) is 2.73. The predicted molar refractivity (Wildman–Crippen MR) is 93.8 cm³/mol. The number of carbonyl (C=O) groups excluding carboxylic acids is 1. The number of amides is 1. The molecule has 2 atom stereocenters. The van der Waals surface area contributed by atoms with Gasteiger partial charge in [-0.05, 0) is 36.2 Å². The maximum Gasteiger partial charge on any atom is 0.237 e. The van der Waals surface area contributed by atoms with Crippen LogP contribution in [0.25, 0.3) is 0 Å². The molecule has 0 aliphatic carbocycles. The van der Waals surface area contributed by atoms with Crippen molar-refractivity contribution in [2.24, 2.45) is 0 Å². The molecule has 1 heterocycles. The van der Waals surface area contributed by atoms with Gasteiger partial charge in [0.05, 0.1) is 19.3 Å². The second kappa shape index (κ2) is 8.00. The zero-order chi connectivity index (χ0) is 17.6. The zero-order valence-corrected chi connectivity index (χ0v) is 14.1. The van der Waals surface area contributed by atoms with Crippen LogP contribution in [0.15, 0.2) is 48.5 Å². The number of ether oxygens (including phenoxy) is 2. The Balaban J connectivity index is 1.54. The average molecular weight is 342 g/mol. The second-order valence-corrected chi connectivity index (χ2v) is 5.97. The molecule has 1 aliphatic rings. The van der Waals surface area contributed by atoms with Gasteiger partial charge in [0.2, 0.25) is 5.91 Å². The zero-order valence-electron chi connectivity index (χ0n) is 14.1. The number of benzene rings is 2. The summed E-state index contributed by atoms with van der Waals surface area (Å²) in [5.41, 5.74) is 0.972. The summed E-state index contributed by atoms with van der Waals surface area (Å²) in [6.07, 6.45) is 0.0134. The van der Waals surface area contributed by atoms with Crippen LogP contribution >= 0.6 is 0 Å². The third kappa shape index (κ3) is 4.49. The van der Waals surface area contributed by atoms with Gasteiger partial charge in [-0.2, -0.15) is 0 Å². The summed E-state index contributed by atoms with van der Waals surface area (Å²) in [4.78, 5) is 12.0. The van der Waals surface area contributed by atoms with Crippen molar-refractivity contribution in [1.29, 1.82) is 0 Å². The van der Waals surface area contributed by atoms with Gasteiger partial charge in [-0.3, -0.25) is 4.79 Å². The minimum absolute atomic E-state index is 0.0918. The molecular formula is C19H22N2O4. The van der Waals surface area contributed by atoms with Crippen molar-refractivity contribution in [1.82, 2.24) is 10.6 Å². The van der Waals surface area contributed by atoms with Crippen LogP contribution in [0.4, 0.5) is 0 Å². The Bertz CT molecular complexity index is 718. The van der Waals surface area contributed by atoms with Crippen molar-refractivity contribution in [3.63, 3.8) is 0 Å². The lowest BCUT2D eigenvalue weighted by molar-refractivity contribution is -0.123. The highest BCUT2D eigenvalue weighted by Crippen LogP contribution is 2.30. The summed E-state index contributed by atoms with van der Waals surface area (Å²) >= 11 is 0. The third-order valence-electron chi connectivity index (χ3n) is 4.11. The summed E-state index contributed by atoms with van der Waals surface area (Å²) in [7, 11) is 1.60. The Kier molecular flexibility index (Phi) is 5.53. The molecule has 1 aliphatic heterocycles. The molecule has 132 valence electrons. The number of aliphatic hydroxyl groups is 1. The largest absolute Gasteiger partial charge is 0.493 e. The summed E-state index contributed by atoms with van der Waals surface area (Å²) in [6.45, 7) is 0.898. The first-order valence-electron chi connectivity index (χ1n) is 8.24. The standard InChI is InChI=1S/C19H22N2O4/c1-24-17-4-2-3-5-18(17)25-15-8-6-13(7-9-15)11-21-19(23)16-10-14(22)12-20-16/h2-9,14,16,20,22H,10-12H2,1H3,(H,21,23). The maximum atomic E-state index is 12.0. The highest BCUT2D eigenvalue weighted by Gasteiger charge is 2.27. The van der Waals surface area contributed by atoms with E-state index in [0.29, 0.717) is 36.8 Å². The van der Waals surface area contributed by atoms with E-state index in [9.17, 15) is 9.90 Å². The quantitative estimate of drug-likeness (QED) is 0.746. The fourth-order valence-corrected chi connectivity index (χ4v) is 2.73. The predicted octanol–water partition coefficient (Wildman–Crippen LogP) is 1.83. The van der Waals surface area contributed by atoms with Crippen molar-refractivity contribution in [2.45, 2.75) is 25.1 Å². The van der Waals surface area contributed by atoms with E-state index in [4.69, 9.17) is 9.47 Å². The van der Waals surface area contributed by atoms with Gasteiger partial charge in [0.25, 0.3) is 0 Å².